The van der Waals surface area contributed by atoms with Gasteiger partial charge in [0.1, 0.15) is 11.6 Å². The largest absolute Gasteiger partial charge is 0.368 e. The van der Waals surface area contributed by atoms with Crippen LogP contribution in [-0.4, -0.2) is 54.1 Å². The first-order chi connectivity index (χ1) is 8.70. The second kappa shape index (κ2) is 4.61. The Balaban J connectivity index is 1.75. The lowest BCUT2D eigenvalue weighted by molar-refractivity contribution is 0.312. The molecule has 3 rings (SSSR count). The van der Waals surface area contributed by atoms with Gasteiger partial charge in [-0.25, -0.2) is 0 Å². The topological polar surface area (TPSA) is 70.3 Å². The molecule has 6 nitrogen and oxygen atoms in total. The number of nitrogen functional groups attached to an aromatic ring is 1. The Labute approximate surface area is 107 Å². The fourth-order valence-corrected chi connectivity index (χ4v) is 2.16. The molecule has 18 heavy (non-hydrogen) atoms. The number of piperazine rings is 1. The zero-order chi connectivity index (χ0) is 12.5. The Morgan fingerprint density at radius 3 is 2.61 bits per heavy atom. The molecule has 2 aliphatic rings. The Morgan fingerprint density at radius 1 is 1.22 bits per heavy atom. The SMILES string of the molecule is CN1CCN(c2cc(NC3CC3)nc(N)n2)CC1. The van der Waals surface area contributed by atoms with Crippen LogP contribution in [0.4, 0.5) is 17.6 Å². The second-order valence-corrected chi connectivity index (χ2v) is 5.18. The lowest BCUT2D eigenvalue weighted by Gasteiger charge is -2.33. The Bertz CT molecular complexity index is 423. The summed E-state index contributed by atoms with van der Waals surface area (Å²) in [6.45, 7) is 4.12. The standard InChI is InChI=1S/C12H20N6/c1-17-4-6-18(7-5-17)11-8-10(14-9-2-3-9)15-12(13)16-11/h8-9H,2-7H2,1H3,(H3,13,14,15,16). The van der Waals surface area contributed by atoms with E-state index in [1.165, 1.54) is 12.8 Å². The van der Waals surface area contributed by atoms with Crippen molar-refractivity contribution in [2.24, 2.45) is 0 Å². The van der Waals surface area contributed by atoms with Crippen LogP contribution in [0.3, 0.4) is 0 Å². The molecule has 3 N–H and O–H groups in total. The van der Waals surface area contributed by atoms with Crippen molar-refractivity contribution in [1.29, 1.82) is 0 Å². The molecule has 1 aliphatic carbocycles. The van der Waals surface area contributed by atoms with Gasteiger partial charge in [-0.1, -0.05) is 0 Å². The quantitative estimate of drug-likeness (QED) is 0.806. The summed E-state index contributed by atoms with van der Waals surface area (Å²) in [5, 5.41) is 3.38. The molecular formula is C12H20N6. The van der Waals surface area contributed by atoms with E-state index in [1.807, 2.05) is 6.07 Å². The summed E-state index contributed by atoms with van der Waals surface area (Å²) in [5.74, 6) is 2.16. The van der Waals surface area contributed by atoms with Crippen LogP contribution in [0, 0.1) is 0 Å². The first-order valence-electron chi connectivity index (χ1n) is 6.55. The highest BCUT2D eigenvalue weighted by molar-refractivity contribution is 5.53. The molecule has 1 aliphatic heterocycles. The molecule has 0 aromatic carbocycles. The molecule has 1 saturated carbocycles. The number of nitrogens with one attached hydrogen (secondary N) is 1. The van der Waals surface area contributed by atoms with E-state index in [1.54, 1.807) is 0 Å². The predicted molar refractivity (Wildman–Crippen MR) is 72.8 cm³/mol. The van der Waals surface area contributed by atoms with Crippen molar-refractivity contribution in [2.45, 2.75) is 18.9 Å². The van der Waals surface area contributed by atoms with Gasteiger partial charge in [0, 0.05) is 38.3 Å². The van der Waals surface area contributed by atoms with Gasteiger partial charge in [0.2, 0.25) is 5.95 Å². The Kier molecular flexibility index (Phi) is 2.95. The van der Waals surface area contributed by atoms with E-state index in [-0.39, 0.29) is 0 Å². The number of likely N-dealkylation sites (N-methyl/N-ethyl adjacent to an activating group) is 1. The summed E-state index contributed by atoms with van der Waals surface area (Å²) in [6.07, 6.45) is 2.46. The van der Waals surface area contributed by atoms with E-state index in [0.717, 1.165) is 37.8 Å². The predicted octanol–water partition coefficient (Wildman–Crippen LogP) is 0.385. The van der Waals surface area contributed by atoms with Crippen molar-refractivity contribution in [2.75, 3.05) is 49.2 Å². The lowest BCUT2D eigenvalue weighted by Crippen LogP contribution is -2.44. The van der Waals surface area contributed by atoms with Crippen LogP contribution < -0.4 is 16.0 Å². The maximum atomic E-state index is 5.79. The first-order valence-corrected chi connectivity index (χ1v) is 6.55. The summed E-state index contributed by atoms with van der Waals surface area (Å²) in [4.78, 5) is 13.2. The summed E-state index contributed by atoms with van der Waals surface area (Å²) in [5.41, 5.74) is 5.79. The molecule has 0 atom stereocenters. The minimum Gasteiger partial charge on any atom is -0.368 e. The summed E-state index contributed by atoms with van der Waals surface area (Å²) in [6, 6.07) is 2.60. The van der Waals surface area contributed by atoms with E-state index < -0.39 is 0 Å². The van der Waals surface area contributed by atoms with E-state index in [0.29, 0.717) is 12.0 Å². The van der Waals surface area contributed by atoms with Crippen LogP contribution in [-0.2, 0) is 0 Å². The minimum absolute atomic E-state index is 0.356. The van der Waals surface area contributed by atoms with Crippen LogP contribution in [0.2, 0.25) is 0 Å². The molecule has 0 amide bonds. The number of hydrogen-bond donors (Lipinski definition) is 2. The van der Waals surface area contributed by atoms with E-state index in [2.05, 4.69) is 32.1 Å². The van der Waals surface area contributed by atoms with Crippen LogP contribution in [0.15, 0.2) is 6.07 Å². The van der Waals surface area contributed by atoms with Gasteiger partial charge in [-0.05, 0) is 19.9 Å². The zero-order valence-electron chi connectivity index (χ0n) is 10.8. The number of hydrogen-bond acceptors (Lipinski definition) is 6. The molecule has 98 valence electrons. The third-order valence-electron chi connectivity index (χ3n) is 3.49. The Hall–Kier alpha value is -1.56. The third-order valence-corrected chi connectivity index (χ3v) is 3.49. The number of rotatable bonds is 3. The van der Waals surface area contributed by atoms with Crippen molar-refractivity contribution >= 4 is 17.6 Å². The van der Waals surface area contributed by atoms with Crippen molar-refractivity contribution in [3.63, 3.8) is 0 Å². The van der Waals surface area contributed by atoms with Gasteiger partial charge in [-0.2, -0.15) is 9.97 Å². The van der Waals surface area contributed by atoms with Gasteiger partial charge in [0.25, 0.3) is 0 Å². The molecule has 1 aromatic heterocycles. The van der Waals surface area contributed by atoms with E-state index in [9.17, 15) is 0 Å². The zero-order valence-corrected chi connectivity index (χ0v) is 10.8. The molecule has 6 heteroatoms. The fourth-order valence-electron chi connectivity index (χ4n) is 2.16. The molecular weight excluding hydrogens is 228 g/mol. The second-order valence-electron chi connectivity index (χ2n) is 5.18. The molecule has 1 aromatic rings. The monoisotopic (exact) mass is 248 g/mol. The number of nitrogens with zero attached hydrogens (tertiary/aromatic N) is 4. The lowest BCUT2D eigenvalue weighted by atomic mass is 10.3. The van der Waals surface area contributed by atoms with Crippen LogP contribution in [0.25, 0.3) is 0 Å². The van der Waals surface area contributed by atoms with Crippen molar-refractivity contribution in [1.82, 2.24) is 14.9 Å². The highest BCUT2D eigenvalue weighted by atomic mass is 15.3. The van der Waals surface area contributed by atoms with Gasteiger partial charge in [0.05, 0.1) is 0 Å². The maximum absolute atomic E-state index is 5.79. The van der Waals surface area contributed by atoms with Gasteiger partial charge < -0.3 is 20.9 Å². The summed E-state index contributed by atoms with van der Waals surface area (Å²) >= 11 is 0. The normalized spacial score (nSPS) is 21.1. The Morgan fingerprint density at radius 2 is 1.94 bits per heavy atom. The number of aromatic nitrogens is 2. The molecule has 0 unspecified atom stereocenters. The number of nitrogens with two attached hydrogens (primary N) is 1. The van der Waals surface area contributed by atoms with Gasteiger partial charge in [0.15, 0.2) is 0 Å². The van der Waals surface area contributed by atoms with Gasteiger partial charge >= 0.3 is 0 Å². The van der Waals surface area contributed by atoms with E-state index in [4.69, 9.17) is 5.73 Å². The van der Waals surface area contributed by atoms with Crippen LogP contribution >= 0.6 is 0 Å². The van der Waals surface area contributed by atoms with Crippen molar-refractivity contribution in [3.8, 4) is 0 Å². The van der Waals surface area contributed by atoms with E-state index >= 15 is 0 Å². The van der Waals surface area contributed by atoms with Crippen LogP contribution in [0.1, 0.15) is 12.8 Å². The summed E-state index contributed by atoms with van der Waals surface area (Å²) < 4.78 is 0. The summed E-state index contributed by atoms with van der Waals surface area (Å²) in [7, 11) is 2.14. The fraction of sp³-hybridized carbons (Fsp3) is 0.667. The third kappa shape index (κ3) is 2.64. The molecule has 0 spiro atoms. The smallest absolute Gasteiger partial charge is 0.223 e. The molecule has 0 bridgehead atoms. The van der Waals surface area contributed by atoms with Crippen molar-refractivity contribution < 1.29 is 0 Å². The maximum Gasteiger partial charge on any atom is 0.223 e. The minimum atomic E-state index is 0.356. The number of anilines is 3. The van der Waals surface area contributed by atoms with Crippen LogP contribution in [0.5, 0.6) is 0 Å². The average molecular weight is 248 g/mol. The van der Waals surface area contributed by atoms with Gasteiger partial charge in [-0.15, -0.1) is 0 Å². The average Bonchev–Trinajstić information content (AvgIpc) is 3.13. The van der Waals surface area contributed by atoms with Gasteiger partial charge in [-0.3, -0.25) is 0 Å². The first kappa shape index (κ1) is 11.5. The molecule has 0 radical (unpaired) electrons. The molecule has 2 heterocycles. The highest BCUT2D eigenvalue weighted by Crippen LogP contribution is 2.26. The van der Waals surface area contributed by atoms with Crippen molar-refractivity contribution in [3.05, 3.63) is 6.07 Å². The molecule has 2 fully saturated rings. The highest BCUT2D eigenvalue weighted by Gasteiger charge is 2.22. The molecule has 1 saturated heterocycles.